The minimum atomic E-state index is -0.713. The minimum Gasteiger partial charge on any atom is -0.322 e. The number of nitro groups is 1. The van der Waals surface area contributed by atoms with Gasteiger partial charge in [0.15, 0.2) is 0 Å². The van der Waals surface area contributed by atoms with Gasteiger partial charge in [0.2, 0.25) is 5.91 Å². The largest absolute Gasteiger partial charge is 0.322 e. The number of anilines is 1. The predicted octanol–water partition coefficient (Wildman–Crippen LogP) is 2.06. The van der Waals surface area contributed by atoms with Crippen molar-refractivity contribution in [2.24, 2.45) is 0 Å². The van der Waals surface area contributed by atoms with E-state index in [9.17, 15) is 19.3 Å². The topological polar surface area (TPSA) is 84.3 Å². The van der Waals surface area contributed by atoms with Gasteiger partial charge in [-0.05, 0) is 26.8 Å². The first-order valence-electron chi connectivity index (χ1n) is 5.68. The van der Waals surface area contributed by atoms with E-state index in [4.69, 9.17) is 0 Å². The molecule has 0 aliphatic carbocycles. The number of halogens is 1. The Balaban J connectivity index is 2.73. The van der Waals surface area contributed by atoms with Gasteiger partial charge in [0.25, 0.3) is 5.69 Å². The second kappa shape index (κ2) is 5.75. The maximum absolute atomic E-state index is 13.4. The van der Waals surface area contributed by atoms with E-state index < -0.39 is 16.6 Å². The van der Waals surface area contributed by atoms with Crippen molar-refractivity contribution in [1.82, 2.24) is 5.32 Å². The Morgan fingerprint density at radius 1 is 1.42 bits per heavy atom. The zero-order valence-corrected chi connectivity index (χ0v) is 11.0. The van der Waals surface area contributed by atoms with Crippen LogP contribution in [0.4, 0.5) is 15.8 Å². The number of nitrogens with one attached hydrogen (secondary N) is 2. The number of carbonyl (C=O) groups is 1. The average molecular weight is 269 g/mol. The monoisotopic (exact) mass is 269 g/mol. The van der Waals surface area contributed by atoms with Gasteiger partial charge >= 0.3 is 0 Å². The molecule has 0 saturated carbocycles. The van der Waals surface area contributed by atoms with Gasteiger partial charge in [-0.3, -0.25) is 14.9 Å². The normalized spacial score (nSPS) is 11.2. The third kappa shape index (κ3) is 5.01. The van der Waals surface area contributed by atoms with Crippen molar-refractivity contribution >= 4 is 17.3 Å². The summed E-state index contributed by atoms with van der Waals surface area (Å²) in [6.07, 6.45) is 0. The van der Waals surface area contributed by atoms with Gasteiger partial charge in [-0.2, -0.15) is 0 Å². The molecular formula is C12H16FN3O3. The van der Waals surface area contributed by atoms with Crippen molar-refractivity contribution in [2.45, 2.75) is 26.3 Å². The molecule has 0 aliphatic rings. The van der Waals surface area contributed by atoms with E-state index >= 15 is 0 Å². The van der Waals surface area contributed by atoms with Crippen molar-refractivity contribution < 1.29 is 14.1 Å². The molecule has 0 spiro atoms. The lowest BCUT2D eigenvalue weighted by molar-refractivity contribution is -0.384. The third-order valence-corrected chi connectivity index (χ3v) is 2.21. The molecule has 0 atom stereocenters. The molecule has 7 heteroatoms. The maximum Gasteiger partial charge on any atom is 0.271 e. The number of benzene rings is 1. The first-order valence-corrected chi connectivity index (χ1v) is 5.68. The molecule has 1 aromatic rings. The van der Waals surface area contributed by atoms with E-state index in [0.717, 1.165) is 18.2 Å². The molecule has 0 aliphatic heterocycles. The number of rotatable bonds is 4. The van der Waals surface area contributed by atoms with Crippen LogP contribution in [-0.2, 0) is 4.79 Å². The lowest BCUT2D eigenvalue weighted by Gasteiger charge is -2.20. The summed E-state index contributed by atoms with van der Waals surface area (Å²) < 4.78 is 13.4. The zero-order valence-electron chi connectivity index (χ0n) is 11.0. The van der Waals surface area contributed by atoms with Gasteiger partial charge in [-0.1, -0.05) is 0 Å². The molecule has 0 unspecified atom stereocenters. The number of non-ortho nitro benzene ring substituents is 1. The van der Waals surface area contributed by atoms with E-state index in [1.807, 2.05) is 20.8 Å². The van der Waals surface area contributed by atoms with Gasteiger partial charge < -0.3 is 10.6 Å². The van der Waals surface area contributed by atoms with Crippen molar-refractivity contribution in [2.75, 3.05) is 11.9 Å². The Bertz CT molecular complexity index is 497. The maximum atomic E-state index is 13.4. The second-order valence-electron chi connectivity index (χ2n) is 5.07. The number of hydrogen-bond acceptors (Lipinski definition) is 4. The quantitative estimate of drug-likeness (QED) is 0.647. The van der Waals surface area contributed by atoms with Gasteiger partial charge in [-0.25, -0.2) is 4.39 Å². The molecule has 6 nitrogen and oxygen atoms in total. The number of nitro benzene ring substituents is 1. The van der Waals surface area contributed by atoms with Gasteiger partial charge in [0.05, 0.1) is 17.2 Å². The van der Waals surface area contributed by atoms with Crippen molar-refractivity contribution in [3.05, 3.63) is 34.1 Å². The molecule has 104 valence electrons. The average Bonchev–Trinajstić information content (AvgIpc) is 2.28. The molecule has 1 aromatic carbocycles. The standard InChI is InChI=1S/C12H16FN3O3/c1-12(2,3)14-7-11(17)15-10-6-8(16(18)19)4-5-9(10)13/h4-6,14H,7H2,1-3H3,(H,15,17). The molecule has 1 amide bonds. The van der Waals surface area contributed by atoms with Crippen LogP contribution in [0.25, 0.3) is 0 Å². The van der Waals surface area contributed by atoms with Crippen LogP contribution in [0, 0.1) is 15.9 Å². The first kappa shape index (κ1) is 15.0. The molecule has 0 fully saturated rings. The number of hydrogen-bond donors (Lipinski definition) is 2. The summed E-state index contributed by atoms with van der Waals surface area (Å²) in [5.74, 6) is -1.18. The summed E-state index contributed by atoms with van der Waals surface area (Å²) >= 11 is 0. The zero-order chi connectivity index (χ0) is 14.6. The molecule has 19 heavy (non-hydrogen) atoms. The molecule has 0 radical (unpaired) electrons. The highest BCUT2D eigenvalue weighted by Gasteiger charge is 2.15. The van der Waals surface area contributed by atoms with E-state index in [-0.39, 0.29) is 23.5 Å². The Kier molecular flexibility index (Phi) is 4.55. The van der Waals surface area contributed by atoms with E-state index in [0.29, 0.717) is 0 Å². The summed E-state index contributed by atoms with van der Waals surface area (Å²) in [4.78, 5) is 21.5. The highest BCUT2D eigenvalue weighted by atomic mass is 19.1. The van der Waals surface area contributed by atoms with Crippen molar-refractivity contribution in [3.63, 3.8) is 0 Å². The number of nitrogens with zero attached hydrogens (tertiary/aromatic N) is 1. The Morgan fingerprint density at radius 3 is 2.58 bits per heavy atom. The first-order chi connectivity index (χ1) is 8.69. The summed E-state index contributed by atoms with van der Waals surface area (Å²) in [7, 11) is 0. The SMILES string of the molecule is CC(C)(C)NCC(=O)Nc1cc([N+](=O)[O-])ccc1F. The molecule has 0 aromatic heterocycles. The predicted molar refractivity (Wildman–Crippen MR) is 69.4 cm³/mol. The summed E-state index contributed by atoms with van der Waals surface area (Å²) in [6.45, 7) is 5.64. The second-order valence-corrected chi connectivity index (χ2v) is 5.07. The lowest BCUT2D eigenvalue weighted by Crippen LogP contribution is -2.41. The fraction of sp³-hybridized carbons (Fsp3) is 0.417. The number of carbonyl (C=O) groups excluding carboxylic acids is 1. The summed E-state index contributed by atoms with van der Waals surface area (Å²) in [5, 5.41) is 15.8. The van der Waals surface area contributed by atoms with Crippen LogP contribution in [0.5, 0.6) is 0 Å². The van der Waals surface area contributed by atoms with Crippen molar-refractivity contribution in [3.8, 4) is 0 Å². The van der Waals surface area contributed by atoms with Crippen molar-refractivity contribution in [1.29, 1.82) is 0 Å². The molecule has 1 rings (SSSR count). The van der Waals surface area contributed by atoms with Crippen LogP contribution in [-0.4, -0.2) is 22.9 Å². The molecular weight excluding hydrogens is 253 g/mol. The van der Waals surface area contributed by atoms with E-state index in [1.165, 1.54) is 0 Å². The van der Waals surface area contributed by atoms with E-state index in [2.05, 4.69) is 10.6 Å². The Morgan fingerprint density at radius 2 is 2.05 bits per heavy atom. The molecule has 0 bridgehead atoms. The third-order valence-electron chi connectivity index (χ3n) is 2.21. The fourth-order valence-corrected chi connectivity index (χ4v) is 1.26. The van der Waals surface area contributed by atoms with Gasteiger partial charge in [-0.15, -0.1) is 0 Å². The highest BCUT2D eigenvalue weighted by Crippen LogP contribution is 2.21. The molecule has 0 heterocycles. The summed E-state index contributed by atoms with van der Waals surface area (Å²) in [5.41, 5.74) is -0.728. The van der Waals surface area contributed by atoms with Crippen LogP contribution in [0.15, 0.2) is 18.2 Å². The minimum absolute atomic E-state index is 0.00830. The van der Waals surface area contributed by atoms with E-state index in [1.54, 1.807) is 0 Å². The van der Waals surface area contributed by atoms with Crippen LogP contribution >= 0.6 is 0 Å². The summed E-state index contributed by atoms with van der Waals surface area (Å²) in [6, 6.07) is 2.98. The van der Waals surface area contributed by atoms with Crippen LogP contribution < -0.4 is 10.6 Å². The number of amides is 1. The highest BCUT2D eigenvalue weighted by molar-refractivity contribution is 5.92. The molecule has 0 saturated heterocycles. The van der Waals surface area contributed by atoms with Crippen LogP contribution in [0.2, 0.25) is 0 Å². The molecule has 2 N–H and O–H groups in total. The van der Waals surface area contributed by atoms with Crippen LogP contribution in [0.3, 0.4) is 0 Å². The fourth-order valence-electron chi connectivity index (χ4n) is 1.26. The Hall–Kier alpha value is -2.02. The van der Waals surface area contributed by atoms with Crippen LogP contribution in [0.1, 0.15) is 20.8 Å². The van der Waals surface area contributed by atoms with Gasteiger partial charge in [0.1, 0.15) is 5.82 Å². The lowest BCUT2D eigenvalue weighted by atomic mass is 10.1. The van der Waals surface area contributed by atoms with Gasteiger partial charge in [0, 0.05) is 17.7 Å². The smallest absolute Gasteiger partial charge is 0.271 e. The Labute approximate surface area is 110 Å².